The first-order valence-corrected chi connectivity index (χ1v) is 6.80. The molecule has 0 spiro atoms. The maximum Gasteiger partial charge on any atom is 0.159 e. The van der Waals surface area contributed by atoms with Gasteiger partial charge < -0.3 is 10.3 Å². The molecule has 1 atom stereocenters. The Kier molecular flexibility index (Phi) is 4.31. The van der Waals surface area contributed by atoms with E-state index in [-0.39, 0.29) is 0 Å². The first-order chi connectivity index (χ1) is 8.80. The normalized spacial score (nSPS) is 13.1. The van der Waals surface area contributed by atoms with Crippen molar-refractivity contribution in [1.29, 1.82) is 0 Å². The molecule has 2 aromatic heterocycles. The fourth-order valence-corrected chi connectivity index (χ4v) is 2.27. The predicted molar refractivity (Wildman–Crippen MR) is 74.4 cm³/mol. The molecule has 0 fully saturated rings. The van der Waals surface area contributed by atoms with Gasteiger partial charge in [0.25, 0.3) is 0 Å². The fraction of sp³-hybridized carbons (Fsp3) is 0.571. The Morgan fingerprint density at radius 1 is 1.39 bits per heavy atom. The molecule has 1 unspecified atom stereocenters. The summed E-state index contributed by atoms with van der Waals surface area (Å²) < 4.78 is 2.24. The molecule has 0 saturated carbocycles. The lowest BCUT2D eigenvalue weighted by Gasteiger charge is -2.13. The molecule has 0 amide bonds. The van der Waals surface area contributed by atoms with Gasteiger partial charge >= 0.3 is 0 Å². The molecule has 18 heavy (non-hydrogen) atoms. The second-order valence-electron chi connectivity index (χ2n) is 4.74. The SMILES string of the molecule is CCCn1c(CC(CC)CN)nc2cccnc21. The smallest absolute Gasteiger partial charge is 0.159 e. The van der Waals surface area contributed by atoms with Crippen LogP contribution in [0.5, 0.6) is 0 Å². The van der Waals surface area contributed by atoms with Gasteiger partial charge in [0.2, 0.25) is 0 Å². The van der Waals surface area contributed by atoms with Gasteiger partial charge in [-0.3, -0.25) is 0 Å². The first-order valence-electron chi connectivity index (χ1n) is 6.80. The molecule has 2 N–H and O–H groups in total. The molecule has 2 heterocycles. The van der Waals surface area contributed by atoms with Crippen LogP contribution in [0.4, 0.5) is 0 Å². The summed E-state index contributed by atoms with van der Waals surface area (Å²) >= 11 is 0. The number of imidazole rings is 1. The quantitative estimate of drug-likeness (QED) is 0.851. The number of nitrogens with zero attached hydrogens (tertiary/aromatic N) is 3. The van der Waals surface area contributed by atoms with Crippen LogP contribution in [-0.4, -0.2) is 21.1 Å². The Labute approximate surface area is 108 Å². The lowest BCUT2D eigenvalue weighted by atomic mass is 10.0. The van der Waals surface area contributed by atoms with E-state index in [1.54, 1.807) is 0 Å². The Hall–Kier alpha value is -1.42. The minimum Gasteiger partial charge on any atom is -0.330 e. The highest BCUT2D eigenvalue weighted by molar-refractivity contribution is 5.71. The van der Waals surface area contributed by atoms with Crippen LogP contribution in [0.25, 0.3) is 11.2 Å². The van der Waals surface area contributed by atoms with Gasteiger partial charge in [-0.15, -0.1) is 0 Å². The van der Waals surface area contributed by atoms with E-state index in [1.165, 1.54) is 0 Å². The molecule has 4 nitrogen and oxygen atoms in total. The second-order valence-corrected chi connectivity index (χ2v) is 4.74. The Morgan fingerprint density at radius 2 is 2.22 bits per heavy atom. The molecular weight excluding hydrogens is 224 g/mol. The number of pyridine rings is 1. The summed E-state index contributed by atoms with van der Waals surface area (Å²) in [4.78, 5) is 9.16. The average molecular weight is 246 g/mol. The number of hydrogen-bond acceptors (Lipinski definition) is 3. The summed E-state index contributed by atoms with van der Waals surface area (Å²) in [6, 6.07) is 3.97. The number of hydrogen-bond donors (Lipinski definition) is 1. The van der Waals surface area contributed by atoms with Crippen LogP contribution >= 0.6 is 0 Å². The van der Waals surface area contributed by atoms with Crippen LogP contribution in [0.3, 0.4) is 0 Å². The van der Waals surface area contributed by atoms with Gasteiger partial charge in [-0.1, -0.05) is 20.3 Å². The highest BCUT2D eigenvalue weighted by Crippen LogP contribution is 2.18. The van der Waals surface area contributed by atoms with Crippen molar-refractivity contribution in [2.24, 2.45) is 11.7 Å². The van der Waals surface area contributed by atoms with E-state index in [2.05, 4.69) is 23.4 Å². The van der Waals surface area contributed by atoms with E-state index in [4.69, 9.17) is 10.7 Å². The van der Waals surface area contributed by atoms with Crippen LogP contribution in [0.2, 0.25) is 0 Å². The van der Waals surface area contributed by atoms with Gasteiger partial charge in [0.05, 0.1) is 0 Å². The molecule has 0 radical (unpaired) electrons. The van der Waals surface area contributed by atoms with E-state index in [1.807, 2.05) is 18.3 Å². The summed E-state index contributed by atoms with van der Waals surface area (Å²) in [5.74, 6) is 1.64. The second kappa shape index (κ2) is 5.96. The predicted octanol–water partition coefficient (Wildman–Crippen LogP) is 2.37. The number of nitrogens with two attached hydrogens (primary N) is 1. The average Bonchev–Trinajstić information content (AvgIpc) is 2.75. The summed E-state index contributed by atoms with van der Waals surface area (Å²) in [6.45, 7) is 6.06. The van der Waals surface area contributed by atoms with Crippen molar-refractivity contribution in [2.75, 3.05) is 6.54 Å². The monoisotopic (exact) mass is 246 g/mol. The molecule has 0 saturated heterocycles. The van der Waals surface area contributed by atoms with Gasteiger partial charge in [0.15, 0.2) is 5.65 Å². The minimum atomic E-state index is 0.511. The van der Waals surface area contributed by atoms with Gasteiger partial charge in [-0.2, -0.15) is 0 Å². The topological polar surface area (TPSA) is 56.7 Å². The Morgan fingerprint density at radius 3 is 2.89 bits per heavy atom. The molecule has 0 aliphatic carbocycles. The first kappa shape index (κ1) is 13.0. The Bertz CT molecular complexity index is 499. The molecular formula is C14H22N4. The maximum absolute atomic E-state index is 5.80. The zero-order valence-corrected chi connectivity index (χ0v) is 11.3. The summed E-state index contributed by atoms with van der Waals surface area (Å²) in [5, 5.41) is 0. The van der Waals surface area contributed by atoms with E-state index >= 15 is 0 Å². The van der Waals surface area contributed by atoms with E-state index in [9.17, 15) is 0 Å². The van der Waals surface area contributed by atoms with Gasteiger partial charge in [0.1, 0.15) is 11.3 Å². The number of aromatic nitrogens is 3. The van der Waals surface area contributed by atoms with Crippen molar-refractivity contribution >= 4 is 11.2 Å². The van der Waals surface area contributed by atoms with Gasteiger partial charge in [0, 0.05) is 19.2 Å². The molecule has 0 aliphatic rings. The molecule has 98 valence electrons. The highest BCUT2D eigenvalue weighted by atomic mass is 15.1. The molecule has 0 aromatic carbocycles. The third-order valence-corrected chi connectivity index (χ3v) is 3.41. The maximum atomic E-state index is 5.80. The minimum absolute atomic E-state index is 0.511. The number of aryl methyl sites for hydroxylation is 1. The largest absolute Gasteiger partial charge is 0.330 e. The standard InChI is InChI=1S/C14H22N4/c1-3-8-18-13(9-11(4-2)10-15)17-12-6-5-7-16-14(12)18/h5-7,11H,3-4,8-10,15H2,1-2H3. The van der Waals surface area contributed by atoms with Crippen molar-refractivity contribution in [1.82, 2.24) is 14.5 Å². The highest BCUT2D eigenvalue weighted by Gasteiger charge is 2.14. The summed E-state index contributed by atoms with van der Waals surface area (Å²) in [5.41, 5.74) is 7.79. The van der Waals surface area contributed by atoms with Crippen LogP contribution < -0.4 is 5.73 Å². The van der Waals surface area contributed by atoms with Gasteiger partial charge in [-0.05, 0) is 31.0 Å². The molecule has 0 bridgehead atoms. The molecule has 2 rings (SSSR count). The van der Waals surface area contributed by atoms with E-state index in [0.29, 0.717) is 5.92 Å². The van der Waals surface area contributed by atoms with Crippen molar-refractivity contribution in [3.63, 3.8) is 0 Å². The Balaban J connectivity index is 2.38. The van der Waals surface area contributed by atoms with Crippen LogP contribution in [0, 0.1) is 5.92 Å². The fourth-order valence-electron chi connectivity index (χ4n) is 2.27. The number of rotatable bonds is 6. The molecule has 0 aliphatic heterocycles. The zero-order valence-electron chi connectivity index (χ0n) is 11.3. The lowest BCUT2D eigenvalue weighted by Crippen LogP contribution is -2.18. The van der Waals surface area contributed by atoms with Crippen molar-refractivity contribution in [2.45, 2.75) is 39.7 Å². The summed E-state index contributed by atoms with van der Waals surface area (Å²) in [6.07, 6.45) is 4.97. The number of fused-ring (bicyclic) bond motifs is 1. The third kappa shape index (κ3) is 2.53. The van der Waals surface area contributed by atoms with E-state index < -0.39 is 0 Å². The van der Waals surface area contributed by atoms with Crippen molar-refractivity contribution in [3.05, 3.63) is 24.2 Å². The van der Waals surface area contributed by atoms with Gasteiger partial charge in [-0.25, -0.2) is 9.97 Å². The van der Waals surface area contributed by atoms with E-state index in [0.717, 1.165) is 49.3 Å². The molecule has 2 aromatic rings. The zero-order chi connectivity index (χ0) is 13.0. The third-order valence-electron chi connectivity index (χ3n) is 3.41. The van der Waals surface area contributed by atoms with Crippen molar-refractivity contribution in [3.8, 4) is 0 Å². The van der Waals surface area contributed by atoms with Crippen LogP contribution in [0.1, 0.15) is 32.5 Å². The van der Waals surface area contributed by atoms with Crippen LogP contribution in [0.15, 0.2) is 18.3 Å². The summed E-state index contributed by atoms with van der Waals surface area (Å²) in [7, 11) is 0. The lowest BCUT2D eigenvalue weighted by molar-refractivity contribution is 0.489. The molecule has 4 heteroatoms. The van der Waals surface area contributed by atoms with Crippen LogP contribution in [-0.2, 0) is 13.0 Å². The van der Waals surface area contributed by atoms with Crippen molar-refractivity contribution < 1.29 is 0 Å².